The predicted octanol–water partition coefficient (Wildman–Crippen LogP) is 3.61. The Balaban J connectivity index is 2.44. The predicted molar refractivity (Wildman–Crippen MR) is 86.4 cm³/mol. The third kappa shape index (κ3) is 6.17. The van der Waals surface area contributed by atoms with Gasteiger partial charge in [0, 0.05) is 6.54 Å². The topological polar surface area (TPSA) is 58.2 Å². The Morgan fingerprint density at radius 1 is 1.19 bits per heavy atom. The van der Waals surface area contributed by atoms with Crippen molar-refractivity contribution < 1.29 is 9.59 Å². The van der Waals surface area contributed by atoms with Gasteiger partial charge < -0.3 is 10.6 Å². The summed E-state index contributed by atoms with van der Waals surface area (Å²) in [5.41, 5.74) is 0.442. The lowest BCUT2D eigenvalue weighted by Gasteiger charge is -2.15. The van der Waals surface area contributed by atoms with Crippen molar-refractivity contribution in [1.29, 1.82) is 0 Å². The van der Waals surface area contributed by atoms with Crippen LogP contribution >= 0.6 is 11.6 Å². The van der Waals surface area contributed by atoms with Crippen LogP contribution in [0, 0.1) is 5.92 Å². The molecule has 0 radical (unpaired) electrons. The molecule has 1 aromatic rings. The molecule has 116 valence electrons. The van der Waals surface area contributed by atoms with Gasteiger partial charge in [0.1, 0.15) is 0 Å². The van der Waals surface area contributed by atoms with Crippen molar-refractivity contribution in [2.75, 3.05) is 11.9 Å². The Bertz CT molecular complexity index is 477. The molecule has 0 unspecified atom stereocenters. The van der Waals surface area contributed by atoms with Crippen LogP contribution in [0.5, 0.6) is 0 Å². The monoisotopic (exact) mass is 310 g/mol. The first kappa shape index (κ1) is 17.5. The Morgan fingerprint density at radius 3 is 2.52 bits per heavy atom. The zero-order valence-electron chi connectivity index (χ0n) is 12.6. The molecule has 0 aliphatic heterocycles. The summed E-state index contributed by atoms with van der Waals surface area (Å²) in [4.78, 5) is 23.6. The van der Waals surface area contributed by atoms with Crippen LogP contribution in [0.15, 0.2) is 24.3 Å². The molecule has 0 aliphatic carbocycles. The Labute approximate surface area is 131 Å². The van der Waals surface area contributed by atoms with Crippen molar-refractivity contribution in [2.24, 2.45) is 5.92 Å². The molecule has 21 heavy (non-hydrogen) atoms. The number of benzene rings is 1. The molecule has 4 nitrogen and oxygen atoms in total. The number of para-hydroxylation sites is 1. The van der Waals surface area contributed by atoms with Crippen LogP contribution in [-0.2, 0) is 9.59 Å². The molecule has 1 aromatic carbocycles. The molecule has 0 saturated carbocycles. The molecule has 0 aliphatic rings. The highest BCUT2D eigenvalue weighted by atomic mass is 35.5. The van der Waals surface area contributed by atoms with Gasteiger partial charge in [-0.1, -0.05) is 56.8 Å². The van der Waals surface area contributed by atoms with Gasteiger partial charge in [-0.25, -0.2) is 0 Å². The molecule has 2 N–H and O–H groups in total. The van der Waals surface area contributed by atoms with Crippen LogP contribution in [0.3, 0.4) is 0 Å². The van der Waals surface area contributed by atoms with E-state index in [1.807, 2.05) is 0 Å². The summed E-state index contributed by atoms with van der Waals surface area (Å²) in [6.07, 6.45) is 4.34. The van der Waals surface area contributed by atoms with E-state index in [2.05, 4.69) is 24.5 Å². The van der Waals surface area contributed by atoms with E-state index in [-0.39, 0.29) is 0 Å². The maximum absolute atomic E-state index is 11.8. The first-order valence-electron chi connectivity index (χ1n) is 7.42. The molecule has 2 amide bonds. The number of rotatable bonds is 7. The number of hydrogen-bond acceptors (Lipinski definition) is 2. The minimum absolute atomic E-state index is 0.410. The number of halogens is 1. The number of hydrogen-bond donors (Lipinski definition) is 2. The van der Waals surface area contributed by atoms with Crippen molar-refractivity contribution >= 4 is 29.1 Å². The molecule has 0 spiro atoms. The van der Waals surface area contributed by atoms with Gasteiger partial charge in [-0.05, 0) is 24.5 Å². The second-order valence-electron chi connectivity index (χ2n) is 5.06. The van der Waals surface area contributed by atoms with Crippen molar-refractivity contribution in [3.63, 3.8) is 0 Å². The fourth-order valence-corrected chi connectivity index (χ4v) is 2.19. The lowest BCUT2D eigenvalue weighted by molar-refractivity contribution is -0.136. The summed E-state index contributed by atoms with van der Waals surface area (Å²) in [5, 5.41) is 5.61. The zero-order chi connectivity index (χ0) is 15.7. The number of amides is 2. The summed E-state index contributed by atoms with van der Waals surface area (Å²) in [5.74, 6) is -0.889. The van der Waals surface area contributed by atoms with Crippen LogP contribution in [-0.4, -0.2) is 18.4 Å². The number of carbonyl (C=O) groups excluding carboxylic acids is 2. The largest absolute Gasteiger partial charge is 0.348 e. The molecule has 0 aromatic heterocycles. The second kappa shape index (κ2) is 9.40. The van der Waals surface area contributed by atoms with Crippen LogP contribution in [0.2, 0.25) is 5.02 Å². The van der Waals surface area contributed by atoms with Gasteiger partial charge in [-0.15, -0.1) is 0 Å². The average molecular weight is 311 g/mol. The molecule has 0 bridgehead atoms. The van der Waals surface area contributed by atoms with E-state index in [9.17, 15) is 9.59 Å². The molecule has 1 atom stereocenters. The van der Waals surface area contributed by atoms with Gasteiger partial charge in [-0.2, -0.15) is 0 Å². The molecule has 1 rings (SSSR count). The van der Waals surface area contributed by atoms with E-state index in [4.69, 9.17) is 11.6 Å². The number of carbonyl (C=O) groups is 2. The van der Waals surface area contributed by atoms with Crippen LogP contribution in [0.4, 0.5) is 5.69 Å². The highest BCUT2D eigenvalue weighted by molar-refractivity contribution is 6.41. The highest BCUT2D eigenvalue weighted by Crippen LogP contribution is 2.20. The number of anilines is 1. The van der Waals surface area contributed by atoms with Crippen molar-refractivity contribution in [3.05, 3.63) is 29.3 Å². The van der Waals surface area contributed by atoms with E-state index in [1.165, 1.54) is 0 Å². The minimum Gasteiger partial charge on any atom is -0.348 e. The fourth-order valence-electron chi connectivity index (χ4n) is 2.00. The van der Waals surface area contributed by atoms with Gasteiger partial charge in [0.15, 0.2) is 0 Å². The summed E-state index contributed by atoms with van der Waals surface area (Å²) in [6, 6.07) is 6.82. The Kier molecular flexibility index (Phi) is 7.83. The number of nitrogens with one attached hydrogen (secondary N) is 2. The lowest BCUT2D eigenvalue weighted by atomic mass is 9.99. The first-order valence-corrected chi connectivity index (χ1v) is 7.80. The fraction of sp³-hybridized carbons (Fsp3) is 0.500. The smallest absolute Gasteiger partial charge is 0.313 e. The summed E-state index contributed by atoms with van der Waals surface area (Å²) in [6.45, 7) is 4.77. The van der Waals surface area contributed by atoms with Gasteiger partial charge in [0.05, 0.1) is 10.7 Å². The third-order valence-electron chi connectivity index (χ3n) is 3.42. The van der Waals surface area contributed by atoms with E-state index in [0.29, 0.717) is 23.2 Å². The summed E-state index contributed by atoms with van der Waals surface area (Å²) in [7, 11) is 0. The van der Waals surface area contributed by atoms with E-state index >= 15 is 0 Å². The molecular weight excluding hydrogens is 288 g/mol. The Morgan fingerprint density at radius 2 is 1.90 bits per heavy atom. The third-order valence-corrected chi connectivity index (χ3v) is 3.75. The van der Waals surface area contributed by atoms with Crippen LogP contribution in [0.1, 0.15) is 39.5 Å². The average Bonchev–Trinajstić information content (AvgIpc) is 2.49. The van der Waals surface area contributed by atoms with Crippen molar-refractivity contribution in [1.82, 2.24) is 5.32 Å². The van der Waals surface area contributed by atoms with Gasteiger partial charge >= 0.3 is 11.8 Å². The van der Waals surface area contributed by atoms with E-state index < -0.39 is 11.8 Å². The molecule has 0 saturated heterocycles. The lowest BCUT2D eigenvalue weighted by Crippen LogP contribution is -2.38. The maximum Gasteiger partial charge on any atom is 0.313 e. The standard InChI is InChI=1S/C16H23ClN2O2/c1-3-5-8-12(4-2)11-18-15(20)16(21)19-14-10-7-6-9-13(14)17/h6-7,9-10,12H,3-5,8,11H2,1-2H3,(H,18,20)(H,19,21)/t12-/m0/s1. The van der Waals surface area contributed by atoms with Gasteiger partial charge in [0.2, 0.25) is 0 Å². The quantitative estimate of drug-likeness (QED) is 0.756. The highest BCUT2D eigenvalue weighted by Gasteiger charge is 2.16. The van der Waals surface area contributed by atoms with Crippen LogP contribution in [0.25, 0.3) is 0 Å². The molecular formula is C16H23ClN2O2. The zero-order valence-corrected chi connectivity index (χ0v) is 13.4. The second-order valence-corrected chi connectivity index (χ2v) is 5.47. The van der Waals surface area contributed by atoms with Gasteiger partial charge in [-0.3, -0.25) is 9.59 Å². The van der Waals surface area contributed by atoms with Crippen molar-refractivity contribution in [3.8, 4) is 0 Å². The Hall–Kier alpha value is -1.55. The van der Waals surface area contributed by atoms with Gasteiger partial charge in [0.25, 0.3) is 0 Å². The molecule has 5 heteroatoms. The minimum atomic E-state index is -0.687. The SMILES string of the molecule is CCCC[C@H](CC)CNC(=O)C(=O)Nc1ccccc1Cl. The summed E-state index contributed by atoms with van der Waals surface area (Å²) >= 11 is 5.93. The van der Waals surface area contributed by atoms with E-state index in [0.717, 1.165) is 25.7 Å². The van der Waals surface area contributed by atoms with E-state index in [1.54, 1.807) is 24.3 Å². The normalized spacial score (nSPS) is 11.8. The van der Waals surface area contributed by atoms with Crippen LogP contribution < -0.4 is 10.6 Å². The first-order chi connectivity index (χ1) is 10.1. The number of unbranched alkanes of at least 4 members (excludes halogenated alkanes) is 1. The molecule has 0 fully saturated rings. The maximum atomic E-state index is 11.8. The molecule has 0 heterocycles. The van der Waals surface area contributed by atoms with Crippen molar-refractivity contribution in [2.45, 2.75) is 39.5 Å². The summed E-state index contributed by atoms with van der Waals surface area (Å²) < 4.78 is 0.